The summed E-state index contributed by atoms with van der Waals surface area (Å²) in [4.78, 5) is 9.91. The molecule has 0 amide bonds. The molecule has 0 unspecified atom stereocenters. The molecule has 7 nitrogen and oxygen atoms in total. The van der Waals surface area contributed by atoms with Gasteiger partial charge in [0.05, 0.1) is 24.3 Å². The second kappa shape index (κ2) is 3.92. The zero-order valence-corrected chi connectivity index (χ0v) is 8.50. The maximum atomic E-state index is 12.6. The van der Waals surface area contributed by atoms with Gasteiger partial charge in [0.15, 0.2) is 5.75 Å². The van der Waals surface area contributed by atoms with Crippen molar-refractivity contribution < 1.29 is 18.4 Å². The Morgan fingerprint density at radius 3 is 2.76 bits per heavy atom. The van der Waals surface area contributed by atoms with Crippen molar-refractivity contribution in [1.29, 1.82) is 0 Å². The average Bonchev–Trinajstić information content (AvgIpc) is 2.70. The molecule has 0 atom stereocenters. The van der Waals surface area contributed by atoms with Crippen molar-refractivity contribution in [1.82, 2.24) is 14.6 Å². The van der Waals surface area contributed by atoms with Crippen LogP contribution in [0.4, 0.5) is 14.5 Å². The number of methoxy groups -OCH3 is 1. The molecule has 0 aliphatic rings. The minimum Gasteiger partial charge on any atom is -0.493 e. The van der Waals surface area contributed by atoms with Crippen molar-refractivity contribution >= 4 is 11.3 Å². The van der Waals surface area contributed by atoms with Gasteiger partial charge in [-0.25, -0.2) is 8.78 Å². The van der Waals surface area contributed by atoms with Gasteiger partial charge in [0.25, 0.3) is 12.1 Å². The van der Waals surface area contributed by atoms with E-state index in [9.17, 15) is 18.9 Å². The molecule has 0 fully saturated rings. The number of nitro groups is 1. The van der Waals surface area contributed by atoms with Gasteiger partial charge in [-0.15, -0.1) is 10.2 Å². The molecule has 0 radical (unpaired) electrons. The Hall–Kier alpha value is -2.32. The highest BCUT2D eigenvalue weighted by molar-refractivity contribution is 5.57. The lowest BCUT2D eigenvalue weighted by atomic mass is 10.4. The van der Waals surface area contributed by atoms with Gasteiger partial charge in [-0.1, -0.05) is 0 Å². The van der Waals surface area contributed by atoms with Gasteiger partial charge in [-0.2, -0.15) is 0 Å². The van der Waals surface area contributed by atoms with Crippen molar-refractivity contribution in [3.63, 3.8) is 0 Å². The van der Waals surface area contributed by atoms with Crippen LogP contribution in [0.3, 0.4) is 0 Å². The van der Waals surface area contributed by atoms with Gasteiger partial charge in [-0.05, 0) is 0 Å². The summed E-state index contributed by atoms with van der Waals surface area (Å²) in [5.41, 5.74) is -0.371. The van der Waals surface area contributed by atoms with E-state index < -0.39 is 17.2 Å². The topological polar surface area (TPSA) is 82.6 Å². The summed E-state index contributed by atoms with van der Waals surface area (Å²) >= 11 is 0. The second-order valence-electron chi connectivity index (χ2n) is 3.08. The van der Waals surface area contributed by atoms with Gasteiger partial charge < -0.3 is 4.74 Å². The number of pyridine rings is 1. The lowest BCUT2D eigenvalue weighted by Crippen LogP contribution is -1.99. The van der Waals surface area contributed by atoms with Crippen LogP contribution in [0.15, 0.2) is 12.3 Å². The summed E-state index contributed by atoms with van der Waals surface area (Å²) in [7, 11) is 1.26. The first kappa shape index (κ1) is 11.2. The molecule has 90 valence electrons. The highest BCUT2D eigenvalue weighted by Crippen LogP contribution is 2.27. The van der Waals surface area contributed by atoms with Crippen molar-refractivity contribution in [3.05, 3.63) is 28.2 Å². The van der Waals surface area contributed by atoms with Crippen LogP contribution in [0.25, 0.3) is 5.65 Å². The molecule has 0 saturated carbocycles. The van der Waals surface area contributed by atoms with Gasteiger partial charge in [0.1, 0.15) is 0 Å². The Kier molecular flexibility index (Phi) is 2.58. The standard InChI is InChI=1S/C8H6F2N4O3/c1-17-5-2-4(14(15)16)3-13-7(5)11-12-8(13)6(9)10/h2-3,6H,1H3. The van der Waals surface area contributed by atoms with E-state index in [1.807, 2.05) is 0 Å². The van der Waals surface area contributed by atoms with Gasteiger partial charge in [0, 0.05) is 0 Å². The van der Waals surface area contributed by atoms with Gasteiger partial charge >= 0.3 is 0 Å². The minimum atomic E-state index is -2.88. The van der Waals surface area contributed by atoms with E-state index >= 15 is 0 Å². The van der Waals surface area contributed by atoms with Crippen LogP contribution >= 0.6 is 0 Å². The fourth-order valence-corrected chi connectivity index (χ4v) is 1.37. The molecule has 0 spiro atoms. The largest absolute Gasteiger partial charge is 0.493 e. The van der Waals surface area contributed by atoms with Crippen LogP contribution in [0.2, 0.25) is 0 Å². The lowest BCUT2D eigenvalue weighted by Gasteiger charge is -2.03. The zero-order chi connectivity index (χ0) is 12.6. The Balaban J connectivity index is 2.76. The third-order valence-electron chi connectivity index (χ3n) is 2.11. The fourth-order valence-electron chi connectivity index (χ4n) is 1.37. The summed E-state index contributed by atoms with van der Waals surface area (Å²) in [6.45, 7) is 0. The molecule has 2 aromatic heterocycles. The highest BCUT2D eigenvalue weighted by atomic mass is 19.3. The summed E-state index contributed by atoms with van der Waals surface area (Å²) < 4.78 is 30.8. The zero-order valence-electron chi connectivity index (χ0n) is 8.50. The summed E-state index contributed by atoms with van der Waals surface area (Å²) in [6, 6.07) is 1.10. The van der Waals surface area contributed by atoms with Gasteiger partial charge in [0.2, 0.25) is 11.5 Å². The molecule has 0 aliphatic carbocycles. The van der Waals surface area contributed by atoms with E-state index in [1.54, 1.807) is 0 Å². The van der Waals surface area contributed by atoms with Crippen LogP contribution in [-0.2, 0) is 0 Å². The molecule has 2 aromatic rings. The Morgan fingerprint density at radius 2 is 2.24 bits per heavy atom. The average molecular weight is 244 g/mol. The maximum absolute atomic E-state index is 12.6. The summed E-state index contributed by atoms with van der Waals surface area (Å²) in [5, 5.41) is 17.4. The quantitative estimate of drug-likeness (QED) is 0.604. The fraction of sp³-hybridized carbons (Fsp3) is 0.250. The molecule has 2 heterocycles. The summed E-state index contributed by atoms with van der Waals surface area (Å²) in [5.74, 6) is -0.652. The predicted molar refractivity (Wildman–Crippen MR) is 51.2 cm³/mol. The molecule has 0 aromatic carbocycles. The molecule has 0 bridgehead atoms. The summed E-state index contributed by atoms with van der Waals surface area (Å²) in [6.07, 6.45) is -1.95. The van der Waals surface area contributed by atoms with Crippen LogP contribution in [-0.4, -0.2) is 26.6 Å². The van der Waals surface area contributed by atoms with E-state index in [2.05, 4.69) is 10.2 Å². The number of hydrogen-bond acceptors (Lipinski definition) is 5. The molecule has 9 heteroatoms. The first-order chi connectivity index (χ1) is 8.04. The Bertz CT molecular complexity index is 583. The third kappa shape index (κ3) is 1.75. The van der Waals surface area contributed by atoms with E-state index in [0.717, 1.165) is 16.7 Å². The monoisotopic (exact) mass is 244 g/mol. The Labute approximate surface area is 92.8 Å². The van der Waals surface area contributed by atoms with E-state index in [4.69, 9.17) is 4.74 Å². The number of ether oxygens (including phenoxy) is 1. The van der Waals surface area contributed by atoms with Crippen molar-refractivity contribution in [2.45, 2.75) is 6.43 Å². The van der Waals surface area contributed by atoms with E-state index in [-0.39, 0.29) is 17.1 Å². The number of rotatable bonds is 3. The predicted octanol–water partition coefficient (Wildman–Crippen LogP) is 1.58. The highest BCUT2D eigenvalue weighted by Gasteiger charge is 2.21. The van der Waals surface area contributed by atoms with Crippen molar-refractivity contribution in [2.24, 2.45) is 0 Å². The molecule has 17 heavy (non-hydrogen) atoms. The number of fused-ring (bicyclic) bond motifs is 1. The minimum absolute atomic E-state index is 0.00778. The number of aromatic nitrogens is 3. The first-order valence-electron chi connectivity index (χ1n) is 4.39. The van der Waals surface area contributed by atoms with Crippen LogP contribution < -0.4 is 4.74 Å². The Morgan fingerprint density at radius 1 is 1.53 bits per heavy atom. The smallest absolute Gasteiger partial charge is 0.297 e. The third-order valence-corrected chi connectivity index (χ3v) is 2.11. The second-order valence-corrected chi connectivity index (χ2v) is 3.08. The van der Waals surface area contributed by atoms with Crippen molar-refractivity contribution in [3.8, 4) is 5.75 Å². The van der Waals surface area contributed by atoms with E-state index in [1.165, 1.54) is 7.11 Å². The number of alkyl halides is 2. The SMILES string of the molecule is COc1cc([N+](=O)[O-])cn2c(C(F)F)nnc12. The molecule has 0 saturated heterocycles. The van der Waals surface area contributed by atoms with Crippen molar-refractivity contribution in [2.75, 3.05) is 7.11 Å². The lowest BCUT2D eigenvalue weighted by molar-refractivity contribution is -0.385. The first-order valence-corrected chi connectivity index (χ1v) is 4.39. The molecular formula is C8H6F2N4O3. The van der Waals surface area contributed by atoms with Crippen LogP contribution in [0.1, 0.15) is 12.2 Å². The van der Waals surface area contributed by atoms with Gasteiger partial charge in [-0.3, -0.25) is 14.5 Å². The number of nitrogens with zero attached hydrogens (tertiary/aromatic N) is 4. The van der Waals surface area contributed by atoms with Crippen LogP contribution in [0, 0.1) is 10.1 Å². The normalized spacial score (nSPS) is 11.1. The molecule has 2 rings (SSSR count). The molecule has 0 N–H and O–H groups in total. The molecular weight excluding hydrogens is 238 g/mol. The number of halogens is 2. The number of hydrogen-bond donors (Lipinski definition) is 0. The van der Waals surface area contributed by atoms with Crippen LogP contribution in [0.5, 0.6) is 5.75 Å². The molecule has 0 aliphatic heterocycles. The van der Waals surface area contributed by atoms with E-state index in [0.29, 0.717) is 0 Å². The maximum Gasteiger partial charge on any atom is 0.297 e.